The summed E-state index contributed by atoms with van der Waals surface area (Å²) in [6.45, 7) is 0.655. The van der Waals surface area contributed by atoms with E-state index >= 15 is 0 Å². The molecule has 182 valence electrons. The van der Waals surface area contributed by atoms with E-state index in [0.29, 0.717) is 36.4 Å². The lowest BCUT2D eigenvalue weighted by Gasteiger charge is -2.22. The van der Waals surface area contributed by atoms with Gasteiger partial charge in [0, 0.05) is 19.4 Å². The predicted octanol–water partition coefficient (Wildman–Crippen LogP) is 5.10. The molecule has 0 spiro atoms. The third kappa shape index (κ3) is 7.63. The van der Waals surface area contributed by atoms with Gasteiger partial charge in [-0.25, -0.2) is 0 Å². The summed E-state index contributed by atoms with van der Waals surface area (Å²) in [5.74, 6) is 1.40. The Hall–Kier alpha value is -3.32. The third-order valence-electron chi connectivity index (χ3n) is 5.92. The van der Waals surface area contributed by atoms with Crippen LogP contribution in [0.2, 0.25) is 0 Å². The summed E-state index contributed by atoms with van der Waals surface area (Å²) in [5, 5.41) is 19.4. The molecule has 1 fully saturated rings. The fraction of sp³-hybridized carbons (Fsp3) is 0.407. The average molecular weight is 468 g/mol. The molecule has 0 bridgehead atoms. The second-order valence-electron chi connectivity index (χ2n) is 8.43. The summed E-state index contributed by atoms with van der Waals surface area (Å²) in [6, 6.07) is 14.6. The third-order valence-corrected chi connectivity index (χ3v) is 5.92. The van der Waals surface area contributed by atoms with Gasteiger partial charge in [-0.2, -0.15) is 0 Å². The van der Waals surface area contributed by atoms with E-state index in [2.05, 4.69) is 0 Å². The Morgan fingerprint density at radius 2 is 1.82 bits per heavy atom. The number of carbonyl (C=O) groups excluding carboxylic acids is 1. The minimum atomic E-state index is -0.812. The second kappa shape index (κ2) is 12.8. The molecule has 1 aliphatic heterocycles. The van der Waals surface area contributed by atoms with Crippen molar-refractivity contribution >= 4 is 11.9 Å². The first-order valence-corrected chi connectivity index (χ1v) is 11.8. The van der Waals surface area contributed by atoms with Gasteiger partial charge in [0.1, 0.15) is 17.2 Å². The lowest BCUT2D eigenvalue weighted by molar-refractivity contribution is -0.137. The van der Waals surface area contributed by atoms with Crippen LogP contribution in [-0.2, 0) is 9.59 Å². The summed E-state index contributed by atoms with van der Waals surface area (Å²) < 4.78 is 11.0. The molecule has 1 amide bonds. The normalized spacial score (nSPS) is 16.7. The number of unbranched alkanes of at least 4 members (excludes halogenated alkanes) is 3. The molecular formula is C27H33NO6. The van der Waals surface area contributed by atoms with E-state index in [9.17, 15) is 14.7 Å². The molecule has 2 aromatic rings. The number of carboxylic acids is 1. The van der Waals surface area contributed by atoms with Crippen LogP contribution in [0.1, 0.15) is 56.6 Å². The van der Waals surface area contributed by atoms with Gasteiger partial charge in [0.25, 0.3) is 0 Å². The van der Waals surface area contributed by atoms with Crippen LogP contribution < -0.4 is 9.47 Å². The molecule has 34 heavy (non-hydrogen) atoms. The number of nitrogens with zero attached hydrogens (tertiary/aromatic N) is 1. The van der Waals surface area contributed by atoms with Crippen LogP contribution in [0.5, 0.6) is 17.2 Å². The molecule has 0 saturated carbocycles. The van der Waals surface area contributed by atoms with Crippen LogP contribution in [0.3, 0.4) is 0 Å². The highest BCUT2D eigenvalue weighted by Crippen LogP contribution is 2.27. The van der Waals surface area contributed by atoms with Gasteiger partial charge in [0.05, 0.1) is 19.3 Å². The summed E-state index contributed by atoms with van der Waals surface area (Å²) in [5.41, 5.74) is 0.705. The lowest BCUT2D eigenvalue weighted by atomic mass is 10.1. The van der Waals surface area contributed by atoms with E-state index in [-0.39, 0.29) is 18.4 Å². The van der Waals surface area contributed by atoms with Gasteiger partial charge in [-0.3, -0.25) is 9.59 Å². The molecule has 7 heteroatoms. The van der Waals surface area contributed by atoms with Crippen LogP contribution in [-0.4, -0.2) is 46.7 Å². The zero-order chi connectivity index (χ0) is 24.3. The molecule has 3 rings (SSSR count). The van der Waals surface area contributed by atoms with Gasteiger partial charge in [0.2, 0.25) is 5.91 Å². The van der Waals surface area contributed by atoms with Gasteiger partial charge in [-0.1, -0.05) is 37.1 Å². The highest BCUT2D eigenvalue weighted by atomic mass is 16.5. The van der Waals surface area contributed by atoms with E-state index in [1.165, 1.54) is 0 Å². The smallest absolute Gasteiger partial charge is 0.303 e. The first kappa shape index (κ1) is 25.3. The molecule has 1 saturated heterocycles. The van der Waals surface area contributed by atoms with E-state index in [1.807, 2.05) is 53.4 Å². The first-order chi connectivity index (χ1) is 16.5. The van der Waals surface area contributed by atoms with E-state index in [1.54, 1.807) is 19.3 Å². The Labute approximate surface area is 200 Å². The number of methoxy groups -OCH3 is 1. The maximum atomic E-state index is 12.3. The second-order valence-corrected chi connectivity index (χ2v) is 8.43. The monoisotopic (exact) mass is 467 g/mol. The summed E-state index contributed by atoms with van der Waals surface area (Å²) in [7, 11) is 1.61. The van der Waals surface area contributed by atoms with Crippen LogP contribution in [0, 0.1) is 0 Å². The number of rotatable bonds is 13. The largest absolute Gasteiger partial charge is 0.497 e. The molecule has 1 aliphatic rings. The van der Waals surface area contributed by atoms with Crippen molar-refractivity contribution in [2.45, 2.75) is 57.1 Å². The average Bonchev–Trinajstić information content (AvgIpc) is 3.19. The van der Waals surface area contributed by atoms with E-state index < -0.39 is 12.1 Å². The Balaban J connectivity index is 1.53. The molecule has 2 N–H and O–H groups in total. The Bertz CT molecular complexity index is 971. The number of likely N-dealkylation sites (tertiary alicyclic amines) is 1. The molecule has 7 nitrogen and oxygen atoms in total. The Kier molecular flexibility index (Phi) is 9.52. The number of aliphatic hydroxyl groups excluding tert-OH is 1. The molecule has 2 atom stereocenters. The van der Waals surface area contributed by atoms with Crippen molar-refractivity contribution in [3.8, 4) is 17.2 Å². The highest BCUT2D eigenvalue weighted by Gasteiger charge is 2.28. The predicted molar refractivity (Wildman–Crippen MR) is 129 cm³/mol. The van der Waals surface area contributed by atoms with Crippen molar-refractivity contribution in [3.05, 3.63) is 66.2 Å². The number of hydrogen-bond acceptors (Lipinski definition) is 5. The number of ether oxygens (including phenoxy) is 2. The van der Waals surface area contributed by atoms with Gasteiger partial charge in [0.15, 0.2) is 0 Å². The van der Waals surface area contributed by atoms with Crippen LogP contribution in [0.15, 0.2) is 60.7 Å². The number of hydrogen-bond donors (Lipinski definition) is 2. The molecular weight excluding hydrogens is 434 g/mol. The Morgan fingerprint density at radius 1 is 1.09 bits per heavy atom. The summed E-state index contributed by atoms with van der Waals surface area (Å²) >= 11 is 0. The lowest BCUT2D eigenvalue weighted by Crippen LogP contribution is -2.32. The maximum absolute atomic E-state index is 12.3. The number of benzene rings is 2. The van der Waals surface area contributed by atoms with Gasteiger partial charge < -0.3 is 24.6 Å². The molecule has 2 aromatic carbocycles. The van der Waals surface area contributed by atoms with Gasteiger partial charge in [-0.15, -0.1) is 0 Å². The molecule has 0 aliphatic carbocycles. The molecule has 1 unspecified atom stereocenters. The zero-order valence-corrected chi connectivity index (χ0v) is 19.6. The van der Waals surface area contributed by atoms with Crippen LogP contribution in [0.4, 0.5) is 0 Å². The molecule has 0 radical (unpaired) electrons. The fourth-order valence-corrected chi connectivity index (χ4v) is 4.04. The number of carboxylic acid groups (broad SMARTS) is 1. The zero-order valence-electron chi connectivity index (χ0n) is 19.6. The van der Waals surface area contributed by atoms with E-state index in [0.717, 1.165) is 31.4 Å². The van der Waals surface area contributed by atoms with Crippen molar-refractivity contribution in [1.29, 1.82) is 0 Å². The first-order valence-electron chi connectivity index (χ1n) is 11.8. The highest BCUT2D eigenvalue weighted by molar-refractivity contribution is 5.79. The molecule has 1 heterocycles. The topological polar surface area (TPSA) is 96.3 Å². The van der Waals surface area contributed by atoms with E-state index in [4.69, 9.17) is 14.6 Å². The number of aliphatic carboxylic acids is 1. The Morgan fingerprint density at radius 3 is 2.56 bits per heavy atom. The summed E-state index contributed by atoms with van der Waals surface area (Å²) in [6.07, 6.45) is 7.54. The van der Waals surface area contributed by atoms with Gasteiger partial charge in [-0.05, 0) is 61.2 Å². The minimum Gasteiger partial charge on any atom is -0.497 e. The van der Waals surface area contributed by atoms with Gasteiger partial charge >= 0.3 is 5.97 Å². The van der Waals surface area contributed by atoms with Crippen molar-refractivity contribution in [3.63, 3.8) is 0 Å². The standard InChI is InChI=1S/C27H33NO6/c1-33-22-12-14-23(15-13-22)34-24-8-6-7-20(19-24)25(29)16-10-21-11-17-26(30)28(21)18-5-3-2-4-9-27(31)32/h6-8,10,12-16,19,21,25,29H,2-5,9,11,17-18H2,1H3,(H,31,32)/t21-,25?/m0/s1. The summed E-state index contributed by atoms with van der Waals surface area (Å²) in [4.78, 5) is 24.7. The molecule has 0 aromatic heterocycles. The number of amides is 1. The van der Waals surface area contributed by atoms with Crippen LogP contribution >= 0.6 is 0 Å². The van der Waals surface area contributed by atoms with Crippen molar-refractivity contribution in [2.75, 3.05) is 13.7 Å². The number of carbonyl (C=O) groups is 2. The van der Waals surface area contributed by atoms with Crippen molar-refractivity contribution < 1.29 is 29.3 Å². The fourth-order valence-electron chi connectivity index (χ4n) is 4.04. The number of aliphatic hydroxyl groups is 1. The SMILES string of the molecule is COc1ccc(Oc2cccc(C(O)C=C[C@H]3CCC(=O)N3CCCCCCC(=O)O)c2)cc1. The quantitative estimate of drug-likeness (QED) is 0.314. The van der Waals surface area contributed by atoms with Crippen LogP contribution in [0.25, 0.3) is 0 Å². The van der Waals surface area contributed by atoms with Crippen molar-refractivity contribution in [2.24, 2.45) is 0 Å². The van der Waals surface area contributed by atoms with Crippen molar-refractivity contribution in [1.82, 2.24) is 4.90 Å². The minimum absolute atomic E-state index is 0.0279. The maximum Gasteiger partial charge on any atom is 0.303 e.